The number of aromatic nitrogens is 1. The smallest absolute Gasteiger partial charge is 0.321 e. The van der Waals surface area contributed by atoms with Gasteiger partial charge in [0.15, 0.2) is 6.54 Å². The van der Waals surface area contributed by atoms with Crippen molar-refractivity contribution in [3.8, 4) is 0 Å². The molecule has 134 valence electrons. The van der Waals surface area contributed by atoms with Gasteiger partial charge in [0.1, 0.15) is 11.6 Å². The van der Waals surface area contributed by atoms with Gasteiger partial charge in [-0.2, -0.15) is 0 Å². The third-order valence-electron chi connectivity index (χ3n) is 4.45. The molecule has 0 spiro atoms. The van der Waals surface area contributed by atoms with Gasteiger partial charge < -0.3 is 10.2 Å². The van der Waals surface area contributed by atoms with E-state index in [0.29, 0.717) is 6.54 Å². The van der Waals surface area contributed by atoms with Crippen LogP contribution in [0.3, 0.4) is 0 Å². The molecule has 1 unspecified atom stereocenters. The Morgan fingerprint density at radius 1 is 1.24 bits per heavy atom. The largest absolute Gasteiger partial charge is 0.335 e. The lowest BCUT2D eigenvalue weighted by Crippen LogP contribution is -3.09. The number of urea groups is 1. The number of rotatable bonds is 5. The quantitative estimate of drug-likeness (QED) is 0.755. The minimum Gasteiger partial charge on any atom is -0.335 e. The van der Waals surface area contributed by atoms with Crippen molar-refractivity contribution in [2.45, 2.75) is 44.7 Å². The molecule has 0 bridgehead atoms. The topological polar surface area (TPSA) is 75.5 Å². The Morgan fingerprint density at radius 3 is 2.76 bits per heavy atom. The minimum absolute atomic E-state index is 0.203. The molecule has 1 aliphatic carbocycles. The van der Waals surface area contributed by atoms with Crippen LogP contribution in [0.1, 0.15) is 37.1 Å². The first-order valence-electron chi connectivity index (χ1n) is 8.86. The second-order valence-corrected chi connectivity index (χ2v) is 7.86. The maximum absolute atomic E-state index is 12.1. The van der Waals surface area contributed by atoms with Crippen LogP contribution in [0.5, 0.6) is 0 Å². The van der Waals surface area contributed by atoms with Crippen LogP contribution >= 0.6 is 11.3 Å². The molecule has 1 heterocycles. The fourth-order valence-corrected chi connectivity index (χ4v) is 4.31. The molecule has 1 fully saturated rings. The fraction of sp³-hybridized carbons (Fsp3) is 0.500. The summed E-state index contributed by atoms with van der Waals surface area (Å²) in [6.45, 7) is 0.908. The van der Waals surface area contributed by atoms with Crippen molar-refractivity contribution in [2.75, 3.05) is 13.6 Å². The van der Waals surface area contributed by atoms with Crippen molar-refractivity contribution in [1.82, 2.24) is 15.6 Å². The minimum atomic E-state index is -0.371. The Labute approximate surface area is 151 Å². The Hall–Kier alpha value is -1.99. The zero-order valence-corrected chi connectivity index (χ0v) is 15.3. The van der Waals surface area contributed by atoms with Crippen LogP contribution in [-0.2, 0) is 11.3 Å². The average Bonchev–Trinajstić information content (AvgIpc) is 2.97. The van der Waals surface area contributed by atoms with Crippen LogP contribution in [0.15, 0.2) is 24.3 Å². The molecular weight excluding hydrogens is 336 g/mol. The predicted octanol–water partition coefficient (Wildman–Crippen LogP) is 1.47. The summed E-state index contributed by atoms with van der Waals surface area (Å²) in [4.78, 5) is 29.6. The second-order valence-electron chi connectivity index (χ2n) is 6.74. The molecule has 7 heteroatoms. The molecule has 6 nitrogen and oxygen atoms in total. The van der Waals surface area contributed by atoms with Gasteiger partial charge in [0.05, 0.1) is 17.3 Å². The van der Waals surface area contributed by atoms with Gasteiger partial charge in [-0.3, -0.25) is 10.1 Å². The number of quaternary nitrogens is 1. The summed E-state index contributed by atoms with van der Waals surface area (Å²) in [6.07, 6.45) is 5.54. The fourth-order valence-electron chi connectivity index (χ4n) is 3.23. The van der Waals surface area contributed by atoms with Gasteiger partial charge >= 0.3 is 6.03 Å². The van der Waals surface area contributed by atoms with E-state index in [4.69, 9.17) is 0 Å². The van der Waals surface area contributed by atoms with Crippen molar-refractivity contribution >= 4 is 33.5 Å². The number of nitrogens with zero attached hydrogens (tertiary/aromatic N) is 1. The number of carbonyl (C=O) groups is 2. The Bertz CT molecular complexity index is 707. The lowest BCUT2D eigenvalue weighted by molar-refractivity contribution is -0.885. The van der Waals surface area contributed by atoms with Crippen LogP contribution in [0.2, 0.25) is 0 Å². The molecular formula is C18H25N4O2S+. The summed E-state index contributed by atoms with van der Waals surface area (Å²) in [7, 11) is 1.94. The zero-order valence-electron chi connectivity index (χ0n) is 14.5. The van der Waals surface area contributed by atoms with E-state index in [1.807, 2.05) is 31.3 Å². The number of hydrogen-bond acceptors (Lipinski definition) is 4. The normalized spacial score (nSPS) is 16.5. The summed E-state index contributed by atoms with van der Waals surface area (Å²) in [5, 5.41) is 6.34. The van der Waals surface area contributed by atoms with Gasteiger partial charge in [-0.25, -0.2) is 9.78 Å². The van der Waals surface area contributed by atoms with E-state index in [-0.39, 0.29) is 24.5 Å². The number of imide groups is 1. The molecule has 3 N–H and O–H groups in total. The molecule has 1 aromatic heterocycles. The van der Waals surface area contributed by atoms with E-state index in [2.05, 4.69) is 15.6 Å². The van der Waals surface area contributed by atoms with Gasteiger partial charge in [-0.15, -0.1) is 11.3 Å². The summed E-state index contributed by atoms with van der Waals surface area (Å²) in [6, 6.07) is 7.85. The second kappa shape index (κ2) is 8.40. The van der Waals surface area contributed by atoms with Gasteiger partial charge in [-0.05, 0) is 25.0 Å². The molecule has 0 saturated heterocycles. The van der Waals surface area contributed by atoms with Crippen LogP contribution in [0.25, 0.3) is 10.2 Å². The van der Waals surface area contributed by atoms with E-state index < -0.39 is 0 Å². The van der Waals surface area contributed by atoms with Crippen molar-refractivity contribution in [3.63, 3.8) is 0 Å². The number of hydrogen-bond donors (Lipinski definition) is 3. The van der Waals surface area contributed by atoms with Gasteiger partial charge in [0.2, 0.25) is 0 Å². The summed E-state index contributed by atoms with van der Waals surface area (Å²) in [5.41, 5.74) is 0.992. The number of carbonyl (C=O) groups excluding carboxylic acids is 2. The lowest BCUT2D eigenvalue weighted by atomic mass is 9.96. The predicted molar refractivity (Wildman–Crippen MR) is 98.6 cm³/mol. The van der Waals surface area contributed by atoms with E-state index in [1.165, 1.54) is 6.42 Å². The summed E-state index contributed by atoms with van der Waals surface area (Å²) >= 11 is 1.65. The molecule has 2 aromatic rings. The SMILES string of the molecule is C[NH+](CC(=O)NC(=O)NC1CCCCC1)Cc1nc2ccccc2s1. The van der Waals surface area contributed by atoms with Crippen LogP contribution in [0.4, 0.5) is 4.79 Å². The van der Waals surface area contributed by atoms with Crippen molar-refractivity contribution in [3.05, 3.63) is 29.3 Å². The van der Waals surface area contributed by atoms with Crippen molar-refractivity contribution < 1.29 is 14.5 Å². The Kier molecular flexibility index (Phi) is 5.99. The Balaban J connectivity index is 1.44. The lowest BCUT2D eigenvalue weighted by Gasteiger charge is -2.22. The molecule has 1 aliphatic rings. The highest BCUT2D eigenvalue weighted by Crippen LogP contribution is 2.20. The number of benzene rings is 1. The molecule has 1 atom stereocenters. The number of nitrogens with one attached hydrogen (secondary N) is 3. The van der Waals surface area contributed by atoms with Crippen molar-refractivity contribution in [2.24, 2.45) is 0 Å². The molecule has 3 amide bonds. The van der Waals surface area contributed by atoms with Gasteiger partial charge in [-0.1, -0.05) is 31.4 Å². The average molecular weight is 361 g/mol. The number of likely N-dealkylation sites (N-methyl/N-ethyl adjacent to an activating group) is 1. The standard InChI is InChI=1S/C18H24N4O2S/c1-22(12-17-20-14-9-5-6-10-15(14)25-17)11-16(23)21-18(24)19-13-7-3-2-4-8-13/h5-6,9-10,13H,2-4,7-8,11-12H2,1H3,(H2,19,21,23,24)/p+1. The maximum atomic E-state index is 12.1. The highest BCUT2D eigenvalue weighted by molar-refractivity contribution is 7.18. The molecule has 0 aliphatic heterocycles. The van der Waals surface area contributed by atoms with E-state index in [1.54, 1.807) is 11.3 Å². The van der Waals surface area contributed by atoms with Crippen LogP contribution < -0.4 is 15.5 Å². The first-order chi connectivity index (χ1) is 12.1. The monoisotopic (exact) mass is 361 g/mol. The van der Waals surface area contributed by atoms with Gasteiger partial charge in [0, 0.05) is 6.04 Å². The first kappa shape index (κ1) is 17.8. The highest BCUT2D eigenvalue weighted by atomic mass is 32.1. The molecule has 1 aromatic carbocycles. The highest BCUT2D eigenvalue weighted by Gasteiger charge is 2.19. The number of fused-ring (bicyclic) bond motifs is 1. The first-order valence-corrected chi connectivity index (χ1v) is 9.68. The third-order valence-corrected chi connectivity index (χ3v) is 5.48. The third kappa shape index (κ3) is 5.24. The van der Waals surface area contributed by atoms with E-state index >= 15 is 0 Å². The number of thiazole rings is 1. The maximum Gasteiger partial charge on any atom is 0.321 e. The van der Waals surface area contributed by atoms with Crippen LogP contribution in [-0.4, -0.2) is 36.6 Å². The van der Waals surface area contributed by atoms with Gasteiger partial charge in [0.25, 0.3) is 5.91 Å². The molecule has 1 saturated carbocycles. The Morgan fingerprint density at radius 2 is 2.00 bits per heavy atom. The van der Waals surface area contributed by atoms with Crippen LogP contribution in [0, 0.1) is 0 Å². The summed E-state index contributed by atoms with van der Waals surface area (Å²) < 4.78 is 1.15. The van der Waals surface area contributed by atoms with Crippen molar-refractivity contribution in [1.29, 1.82) is 0 Å². The zero-order chi connectivity index (χ0) is 17.6. The molecule has 3 rings (SSSR count). The van der Waals surface area contributed by atoms with E-state index in [9.17, 15) is 9.59 Å². The van der Waals surface area contributed by atoms with E-state index in [0.717, 1.165) is 45.8 Å². The number of amides is 3. The molecule has 0 radical (unpaired) electrons. The number of para-hydroxylation sites is 1. The summed E-state index contributed by atoms with van der Waals surface area (Å²) in [5.74, 6) is -0.257. The molecule has 25 heavy (non-hydrogen) atoms.